The molecule has 0 spiro atoms. The minimum Gasteiger partial charge on any atom is -0.467 e. The van der Waals surface area contributed by atoms with Crippen LogP contribution in [0.25, 0.3) is 0 Å². The molecule has 5 nitrogen and oxygen atoms in total. The van der Waals surface area contributed by atoms with Crippen LogP contribution in [0, 0.1) is 0 Å². The van der Waals surface area contributed by atoms with Crippen molar-refractivity contribution < 1.29 is 17.9 Å². The van der Waals surface area contributed by atoms with Gasteiger partial charge in [0.1, 0.15) is 11.9 Å². The minimum absolute atomic E-state index is 0.0795. The summed E-state index contributed by atoms with van der Waals surface area (Å²) in [5.41, 5.74) is 0.658. The van der Waals surface area contributed by atoms with Gasteiger partial charge in [-0.25, -0.2) is 8.42 Å². The van der Waals surface area contributed by atoms with Gasteiger partial charge >= 0.3 is 0 Å². The number of rotatable bonds is 4. The van der Waals surface area contributed by atoms with Gasteiger partial charge in [0.2, 0.25) is 0 Å². The fourth-order valence-electron chi connectivity index (χ4n) is 2.66. The van der Waals surface area contributed by atoms with E-state index in [1.54, 1.807) is 30.3 Å². The molecule has 3 rings (SSSR count). The Morgan fingerprint density at radius 2 is 2.23 bits per heavy atom. The average Bonchev–Trinajstić information content (AvgIpc) is 3.00. The summed E-state index contributed by atoms with van der Waals surface area (Å²) >= 11 is 5.99. The maximum absolute atomic E-state index is 12.1. The van der Waals surface area contributed by atoms with Crippen LogP contribution in [0.2, 0.25) is 5.02 Å². The lowest BCUT2D eigenvalue weighted by molar-refractivity contribution is 0.143. The third-order valence-electron chi connectivity index (χ3n) is 3.79. The molecule has 0 saturated carbocycles. The van der Waals surface area contributed by atoms with Gasteiger partial charge in [-0.1, -0.05) is 11.6 Å². The number of furan rings is 1. The molecule has 2 unspecified atom stereocenters. The number of aliphatic hydroxyl groups excluding tert-OH is 1. The fourth-order valence-corrected chi connectivity index (χ4v) is 4.44. The van der Waals surface area contributed by atoms with Gasteiger partial charge in [-0.3, -0.25) is 0 Å². The topological polar surface area (TPSA) is 79.5 Å². The van der Waals surface area contributed by atoms with Crippen LogP contribution in [-0.4, -0.2) is 25.8 Å². The van der Waals surface area contributed by atoms with E-state index in [-0.39, 0.29) is 18.3 Å². The summed E-state index contributed by atoms with van der Waals surface area (Å²) in [4.78, 5) is 0.313. The molecule has 118 valence electrons. The van der Waals surface area contributed by atoms with Crippen molar-refractivity contribution in [2.75, 3.05) is 12.3 Å². The van der Waals surface area contributed by atoms with Gasteiger partial charge < -0.3 is 14.8 Å². The van der Waals surface area contributed by atoms with Crippen LogP contribution >= 0.6 is 11.6 Å². The Labute approximate surface area is 133 Å². The number of halogens is 1. The summed E-state index contributed by atoms with van der Waals surface area (Å²) in [6, 6.07) is 8.04. The molecule has 1 aliphatic heterocycles. The molecule has 1 aromatic carbocycles. The highest BCUT2D eigenvalue weighted by molar-refractivity contribution is 7.91. The van der Waals surface area contributed by atoms with Gasteiger partial charge in [0, 0.05) is 17.6 Å². The first-order chi connectivity index (χ1) is 10.5. The monoisotopic (exact) mass is 341 g/mol. The van der Waals surface area contributed by atoms with Crippen molar-refractivity contribution in [1.29, 1.82) is 0 Å². The molecule has 2 heterocycles. The van der Waals surface area contributed by atoms with E-state index < -0.39 is 15.9 Å². The Hall–Kier alpha value is -1.34. The number of hydrogen-bond donors (Lipinski definition) is 2. The Balaban J connectivity index is 1.80. The summed E-state index contributed by atoms with van der Waals surface area (Å²) in [5.74, 6) is 0.554. The summed E-state index contributed by atoms with van der Waals surface area (Å²) in [5, 5.41) is 13.7. The predicted molar refractivity (Wildman–Crippen MR) is 82.5 cm³/mol. The molecule has 2 atom stereocenters. The van der Waals surface area contributed by atoms with Gasteiger partial charge in [-0.15, -0.1) is 0 Å². The fraction of sp³-hybridized carbons (Fsp3) is 0.333. The largest absolute Gasteiger partial charge is 0.467 e. The number of sulfone groups is 1. The van der Waals surface area contributed by atoms with Gasteiger partial charge in [-0.05, 0) is 42.3 Å². The molecule has 22 heavy (non-hydrogen) atoms. The first-order valence-electron chi connectivity index (χ1n) is 6.94. The quantitative estimate of drug-likeness (QED) is 0.893. The molecule has 2 N–H and O–H groups in total. The molecule has 1 aliphatic rings. The van der Waals surface area contributed by atoms with Crippen molar-refractivity contribution >= 4 is 21.4 Å². The average molecular weight is 342 g/mol. The van der Waals surface area contributed by atoms with E-state index >= 15 is 0 Å². The molecule has 7 heteroatoms. The maximum Gasteiger partial charge on any atom is 0.178 e. The van der Waals surface area contributed by atoms with Gasteiger partial charge in [-0.2, -0.15) is 0 Å². The Kier molecular flexibility index (Phi) is 4.27. The van der Waals surface area contributed by atoms with Gasteiger partial charge in [0.25, 0.3) is 0 Å². The van der Waals surface area contributed by atoms with E-state index in [0.717, 1.165) is 0 Å². The van der Waals surface area contributed by atoms with Crippen LogP contribution < -0.4 is 5.32 Å². The molecule has 0 aliphatic carbocycles. The predicted octanol–water partition coefficient (Wildman–Crippen LogP) is 2.47. The number of benzene rings is 1. The molecular formula is C15H16ClNO4S. The molecule has 1 aromatic heterocycles. The van der Waals surface area contributed by atoms with Crippen LogP contribution in [0.5, 0.6) is 0 Å². The molecule has 0 saturated heterocycles. The second kappa shape index (κ2) is 6.04. The van der Waals surface area contributed by atoms with Crippen LogP contribution in [0.1, 0.15) is 29.9 Å². The van der Waals surface area contributed by atoms with Crippen LogP contribution in [0.3, 0.4) is 0 Å². The number of aliphatic hydroxyl groups is 1. The van der Waals surface area contributed by atoms with E-state index in [9.17, 15) is 13.5 Å². The highest BCUT2D eigenvalue weighted by atomic mass is 35.5. The van der Waals surface area contributed by atoms with E-state index in [2.05, 4.69) is 5.32 Å². The van der Waals surface area contributed by atoms with E-state index in [4.69, 9.17) is 16.0 Å². The summed E-state index contributed by atoms with van der Waals surface area (Å²) in [7, 11) is -3.25. The zero-order valence-corrected chi connectivity index (χ0v) is 13.3. The summed E-state index contributed by atoms with van der Waals surface area (Å²) in [6.07, 6.45) is 1.16. The standard InChI is InChI=1S/C15H16ClNO4S/c16-10-3-4-15-11(8-10)12(5-7-22(15,19)20)17-9-13(18)14-2-1-6-21-14/h1-4,6,8,12-13,17-18H,5,7,9H2. The Bertz CT molecular complexity index is 758. The third kappa shape index (κ3) is 3.05. The molecule has 0 amide bonds. The molecule has 0 radical (unpaired) electrons. The number of fused-ring (bicyclic) bond motifs is 1. The van der Waals surface area contributed by atoms with Crippen LogP contribution in [-0.2, 0) is 9.84 Å². The summed E-state index contributed by atoms with van der Waals surface area (Å²) < 4.78 is 29.4. The lowest BCUT2D eigenvalue weighted by Gasteiger charge is -2.27. The van der Waals surface area contributed by atoms with Crippen molar-refractivity contribution in [3.8, 4) is 0 Å². The van der Waals surface area contributed by atoms with Gasteiger partial charge in [0.05, 0.1) is 16.9 Å². The first kappa shape index (κ1) is 15.6. The second-order valence-corrected chi connectivity index (χ2v) is 7.80. The molecular weight excluding hydrogens is 326 g/mol. The first-order valence-corrected chi connectivity index (χ1v) is 8.97. The lowest BCUT2D eigenvalue weighted by atomic mass is 10.0. The molecule has 0 fully saturated rings. The SMILES string of the molecule is O=S1(=O)CCC(NCC(O)c2ccco2)c2cc(Cl)ccc21. The third-order valence-corrected chi connectivity index (χ3v) is 5.84. The van der Waals surface area contributed by atoms with Crippen molar-refractivity contribution in [2.24, 2.45) is 0 Å². The van der Waals surface area contributed by atoms with E-state index in [0.29, 0.717) is 27.7 Å². The number of hydrogen-bond acceptors (Lipinski definition) is 5. The number of nitrogens with one attached hydrogen (secondary N) is 1. The van der Waals surface area contributed by atoms with Crippen molar-refractivity contribution in [2.45, 2.75) is 23.5 Å². The Morgan fingerprint density at radius 1 is 1.41 bits per heavy atom. The van der Waals surface area contributed by atoms with Crippen molar-refractivity contribution in [1.82, 2.24) is 5.32 Å². The van der Waals surface area contributed by atoms with E-state index in [1.807, 2.05) is 0 Å². The summed E-state index contributed by atoms with van der Waals surface area (Å²) in [6.45, 7) is 0.268. The Morgan fingerprint density at radius 3 is 2.95 bits per heavy atom. The van der Waals surface area contributed by atoms with Crippen molar-refractivity contribution in [3.63, 3.8) is 0 Å². The zero-order chi connectivity index (χ0) is 15.7. The van der Waals surface area contributed by atoms with Crippen LogP contribution in [0.4, 0.5) is 0 Å². The molecule has 0 bridgehead atoms. The smallest absolute Gasteiger partial charge is 0.178 e. The van der Waals surface area contributed by atoms with Crippen molar-refractivity contribution in [3.05, 3.63) is 52.9 Å². The lowest BCUT2D eigenvalue weighted by Crippen LogP contribution is -2.32. The normalized spacial score (nSPS) is 21.3. The minimum atomic E-state index is -3.25. The second-order valence-electron chi connectivity index (χ2n) is 5.28. The highest BCUT2D eigenvalue weighted by Gasteiger charge is 2.30. The maximum atomic E-state index is 12.1. The van der Waals surface area contributed by atoms with Gasteiger partial charge in [0.15, 0.2) is 9.84 Å². The van der Waals surface area contributed by atoms with Crippen LogP contribution in [0.15, 0.2) is 45.9 Å². The molecule has 2 aromatic rings. The highest BCUT2D eigenvalue weighted by Crippen LogP contribution is 2.34. The van der Waals surface area contributed by atoms with E-state index in [1.165, 1.54) is 6.26 Å². The zero-order valence-electron chi connectivity index (χ0n) is 11.7.